The van der Waals surface area contributed by atoms with E-state index in [2.05, 4.69) is 20.0 Å². The lowest BCUT2D eigenvalue weighted by molar-refractivity contribution is -0.119. The summed E-state index contributed by atoms with van der Waals surface area (Å²) >= 11 is 1.35. The first-order valence-electron chi connectivity index (χ1n) is 7.90. The molecule has 3 aromatic rings. The van der Waals surface area contributed by atoms with Crippen LogP contribution >= 0.6 is 11.5 Å². The number of rotatable bonds is 6. The van der Waals surface area contributed by atoms with Gasteiger partial charge in [0.15, 0.2) is 0 Å². The van der Waals surface area contributed by atoms with Gasteiger partial charge in [0, 0.05) is 6.07 Å². The lowest BCUT2D eigenvalue weighted by Crippen LogP contribution is -2.24. The molecule has 26 heavy (non-hydrogen) atoms. The first kappa shape index (κ1) is 17.9. The Bertz CT molecular complexity index is 921. The molecule has 136 valence electrons. The van der Waals surface area contributed by atoms with E-state index in [9.17, 15) is 4.79 Å². The van der Waals surface area contributed by atoms with Gasteiger partial charge in [0.1, 0.15) is 23.2 Å². The topological polar surface area (TPSA) is 91.2 Å². The van der Waals surface area contributed by atoms with Gasteiger partial charge in [0.05, 0.1) is 36.7 Å². The number of aryl methyl sites for hydroxylation is 1. The van der Waals surface area contributed by atoms with Gasteiger partial charge in [0.2, 0.25) is 5.91 Å². The molecule has 3 rings (SSSR count). The van der Waals surface area contributed by atoms with Gasteiger partial charge in [-0.05, 0) is 43.6 Å². The zero-order valence-electron chi connectivity index (χ0n) is 14.9. The Balaban J connectivity index is 1.77. The molecule has 0 saturated carbocycles. The summed E-state index contributed by atoms with van der Waals surface area (Å²) in [6.07, 6.45) is 1.74. The van der Waals surface area contributed by atoms with Gasteiger partial charge in [-0.1, -0.05) is 5.21 Å². The zero-order valence-corrected chi connectivity index (χ0v) is 15.7. The predicted molar refractivity (Wildman–Crippen MR) is 98.8 cm³/mol. The van der Waals surface area contributed by atoms with Crippen LogP contribution in [0.4, 0.5) is 5.69 Å². The van der Waals surface area contributed by atoms with Crippen molar-refractivity contribution < 1.29 is 14.3 Å². The van der Waals surface area contributed by atoms with E-state index in [1.165, 1.54) is 16.2 Å². The fraction of sp³-hybridized carbons (Fsp3) is 0.294. The van der Waals surface area contributed by atoms with E-state index in [-0.39, 0.29) is 5.91 Å². The summed E-state index contributed by atoms with van der Waals surface area (Å²) < 4.78 is 16.2. The normalized spacial score (nSPS) is 11.8. The van der Waals surface area contributed by atoms with Crippen molar-refractivity contribution in [2.24, 2.45) is 0 Å². The highest BCUT2D eigenvalue weighted by molar-refractivity contribution is 7.09. The highest BCUT2D eigenvalue weighted by atomic mass is 32.1. The van der Waals surface area contributed by atoms with Gasteiger partial charge in [-0.3, -0.25) is 4.79 Å². The maximum absolute atomic E-state index is 12.6. The Morgan fingerprint density at radius 1 is 1.27 bits per heavy atom. The number of anilines is 1. The Labute approximate surface area is 154 Å². The molecule has 1 atom stereocenters. The van der Waals surface area contributed by atoms with Crippen LogP contribution in [0.1, 0.15) is 18.7 Å². The number of amides is 1. The maximum Gasteiger partial charge on any atom is 0.249 e. The van der Waals surface area contributed by atoms with Gasteiger partial charge in [-0.25, -0.2) is 4.68 Å². The van der Waals surface area contributed by atoms with Crippen LogP contribution in [0, 0.1) is 6.92 Å². The Morgan fingerprint density at radius 2 is 2.08 bits per heavy atom. The van der Waals surface area contributed by atoms with Crippen LogP contribution in [0.5, 0.6) is 11.5 Å². The van der Waals surface area contributed by atoms with Crippen LogP contribution in [0.15, 0.2) is 30.5 Å². The average Bonchev–Trinajstić information content (AvgIpc) is 3.29. The third-order valence-electron chi connectivity index (χ3n) is 3.83. The smallest absolute Gasteiger partial charge is 0.249 e. The van der Waals surface area contributed by atoms with E-state index in [1.54, 1.807) is 45.5 Å². The molecule has 1 amide bonds. The molecule has 0 aliphatic carbocycles. The minimum atomic E-state index is -0.554. The van der Waals surface area contributed by atoms with Crippen molar-refractivity contribution >= 4 is 23.1 Å². The number of carbonyl (C=O) groups excluding carboxylic acids is 1. The molecule has 1 unspecified atom stereocenters. The number of benzene rings is 1. The van der Waals surface area contributed by atoms with Crippen molar-refractivity contribution in [2.45, 2.75) is 19.9 Å². The molecule has 9 heteroatoms. The summed E-state index contributed by atoms with van der Waals surface area (Å²) in [5, 5.41) is 11.0. The second-order valence-corrected chi connectivity index (χ2v) is 6.45. The molecule has 2 aromatic heterocycles. The molecule has 0 bridgehead atoms. The van der Waals surface area contributed by atoms with Crippen LogP contribution in [-0.2, 0) is 4.79 Å². The summed E-state index contributed by atoms with van der Waals surface area (Å²) in [5.41, 5.74) is 2.15. The van der Waals surface area contributed by atoms with Crippen molar-refractivity contribution in [3.8, 4) is 22.1 Å². The number of aromatic nitrogens is 4. The summed E-state index contributed by atoms with van der Waals surface area (Å²) in [6.45, 7) is 3.67. The zero-order chi connectivity index (χ0) is 18.7. The third kappa shape index (κ3) is 3.67. The largest absolute Gasteiger partial charge is 0.497 e. The van der Waals surface area contributed by atoms with E-state index < -0.39 is 6.04 Å². The molecule has 0 radical (unpaired) electrons. The van der Waals surface area contributed by atoms with Gasteiger partial charge in [-0.2, -0.15) is 4.37 Å². The van der Waals surface area contributed by atoms with Gasteiger partial charge in [-0.15, -0.1) is 5.10 Å². The standard InChI is InChI=1S/C17H19N5O3S/c1-10-7-16(26-20-10)14-9-22(21-19-14)11(2)17(23)18-13-8-12(24-3)5-6-15(13)25-4/h5-9,11H,1-4H3,(H,18,23). The van der Waals surface area contributed by atoms with Crippen LogP contribution in [0.2, 0.25) is 0 Å². The molecule has 0 saturated heterocycles. The first-order chi connectivity index (χ1) is 12.5. The van der Waals surface area contributed by atoms with Gasteiger partial charge in [0.25, 0.3) is 0 Å². The fourth-order valence-corrected chi connectivity index (χ4v) is 3.04. The second-order valence-electron chi connectivity index (χ2n) is 5.65. The SMILES string of the molecule is COc1ccc(OC)c(NC(=O)C(C)n2cc(-c3cc(C)ns3)nn2)c1. The summed E-state index contributed by atoms with van der Waals surface area (Å²) in [6, 6.07) is 6.58. The van der Waals surface area contributed by atoms with E-state index in [4.69, 9.17) is 9.47 Å². The number of hydrogen-bond acceptors (Lipinski definition) is 7. The van der Waals surface area contributed by atoms with Crippen LogP contribution in [-0.4, -0.2) is 39.5 Å². The summed E-state index contributed by atoms with van der Waals surface area (Å²) in [7, 11) is 3.11. The minimum Gasteiger partial charge on any atom is -0.497 e. The Hall–Kier alpha value is -2.94. The highest BCUT2D eigenvalue weighted by Crippen LogP contribution is 2.29. The molecule has 8 nitrogen and oxygen atoms in total. The molecular formula is C17H19N5O3S. The summed E-state index contributed by atoms with van der Waals surface area (Å²) in [5.74, 6) is 0.927. The number of carbonyl (C=O) groups is 1. The highest BCUT2D eigenvalue weighted by Gasteiger charge is 2.19. The van der Waals surface area contributed by atoms with Gasteiger partial charge < -0.3 is 14.8 Å². The number of nitrogens with one attached hydrogen (secondary N) is 1. The minimum absolute atomic E-state index is 0.242. The summed E-state index contributed by atoms with van der Waals surface area (Å²) in [4.78, 5) is 13.5. The van der Waals surface area contributed by atoms with Crippen molar-refractivity contribution in [2.75, 3.05) is 19.5 Å². The molecule has 1 aromatic carbocycles. The Morgan fingerprint density at radius 3 is 2.73 bits per heavy atom. The Kier molecular flexibility index (Phi) is 5.17. The molecule has 0 aliphatic heterocycles. The van der Waals surface area contributed by atoms with Crippen molar-refractivity contribution in [3.63, 3.8) is 0 Å². The fourth-order valence-electron chi connectivity index (χ4n) is 2.33. The van der Waals surface area contributed by atoms with Crippen molar-refractivity contribution in [3.05, 3.63) is 36.2 Å². The van der Waals surface area contributed by atoms with Crippen molar-refractivity contribution in [1.82, 2.24) is 19.4 Å². The molecule has 0 spiro atoms. The lowest BCUT2D eigenvalue weighted by atomic mass is 10.2. The van der Waals surface area contributed by atoms with E-state index in [0.717, 1.165) is 10.6 Å². The van der Waals surface area contributed by atoms with Crippen LogP contribution in [0.3, 0.4) is 0 Å². The lowest BCUT2D eigenvalue weighted by Gasteiger charge is -2.15. The number of ether oxygens (including phenoxy) is 2. The third-order valence-corrected chi connectivity index (χ3v) is 4.73. The molecule has 2 heterocycles. The predicted octanol–water partition coefficient (Wildman–Crippen LogP) is 2.93. The van der Waals surface area contributed by atoms with E-state index in [1.807, 2.05) is 13.0 Å². The number of hydrogen-bond donors (Lipinski definition) is 1. The van der Waals surface area contributed by atoms with Gasteiger partial charge >= 0.3 is 0 Å². The molecule has 0 aliphatic rings. The maximum atomic E-state index is 12.6. The molecular weight excluding hydrogens is 354 g/mol. The van der Waals surface area contributed by atoms with Crippen LogP contribution in [0.25, 0.3) is 10.6 Å². The number of nitrogens with zero attached hydrogens (tertiary/aromatic N) is 4. The van der Waals surface area contributed by atoms with E-state index >= 15 is 0 Å². The monoisotopic (exact) mass is 373 g/mol. The average molecular weight is 373 g/mol. The molecule has 1 N–H and O–H groups in total. The number of methoxy groups -OCH3 is 2. The van der Waals surface area contributed by atoms with Crippen LogP contribution < -0.4 is 14.8 Å². The quantitative estimate of drug-likeness (QED) is 0.714. The molecule has 0 fully saturated rings. The second kappa shape index (κ2) is 7.52. The van der Waals surface area contributed by atoms with E-state index in [0.29, 0.717) is 22.9 Å². The van der Waals surface area contributed by atoms with Crippen molar-refractivity contribution in [1.29, 1.82) is 0 Å². The first-order valence-corrected chi connectivity index (χ1v) is 8.67.